The highest BCUT2D eigenvalue weighted by atomic mass is 32.1. The Morgan fingerprint density at radius 3 is 2.73 bits per heavy atom. The minimum Gasteiger partial charge on any atom is -0.319 e. The lowest BCUT2D eigenvalue weighted by molar-refractivity contribution is 0.359. The topological polar surface area (TPSA) is 37.0 Å². The van der Waals surface area contributed by atoms with E-state index in [0.717, 1.165) is 18.1 Å². The highest BCUT2D eigenvalue weighted by Crippen LogP contribution is 2.21. The van der Waals surface area contributed by atoms with Crippen LogP contribution in [0.3, 0.4) is 0 Å². The van der Waals surface area contributed by atoms with Gasteiger partial charge in [0.1, 0.15) is 5.01 Å². The molecule has 2 N–H and O–H groups in total. The molecule has 0 fully saturated rings. The summed E-state index contributed by atoms with van der Waals surface area (Å²) in [4.78, 5) is 4.35. The van der Waals surface area contributed by atoms with Crippen molar-refractivity contribution in [2.45, 2.75) is 26.3 Å². The maximum Gasteiger partial charge on any atom is 0.112 e. The SMILES string of the molecule is CNCC(C)CNC(C)(C)c1nccs1. The summed E-state index contributed by atoms with van der Waals surface area (Å²) in [6.07, 6.45) is 1.86. The molecule has 1 aromatic heterocycles. The first kappa shape index (κ1) is 12.6. The van der Waals surface area contributed by atoms with Gasteiger partial charge in [0.15, 0.2) is 0 Å². The minimum atomic E-state index is -0.0177. The molecule has 0 aliphatic carbocycles. The maximum atomic E-state index is 4.35. The van der Waals surface area contributed by atoms with E-state index in [9.17, 15) is 0 Å². The fourth-order valence-corrected chi connectivity index (χ4v) is 2.20. The Bertz CT molecular complexity index is 269. The monoisotopic (exact) mass is 227 g/mol. The molecule has 1 heterocycles. The highest BCUT2D eigenvalue weighted by Gasteiger charge is 2.22. The van der Waals surface area contributed by atoms with E-state index in [4.69, 9.17) is 0 Å². The molecule has 0 aromatic carbocycles. The number of hydrogen-bond donors (Lipinski definition) is 2. The second kappa shape index (κ2) is 5.58. The van der Waals surface area contributed by atoms with Crippen molar-refractivity contribution >= 4 is 11.3 Å². The summed E-state index contributed by atoms with van der Waals surface area (Å²) in [5.74, 6) is 0.634. The number of thiazole rings is 1. The third-order valence-corrected chi connectivity index (χ3v) is 3.51. The van der Waals surface area contributed by atoms with Gasteiger partial charge in [-0.15, -0.1) is 11.3 Å². The van der Waals surface area contributed by atoms with Gasteiger partial charge in [0.05, 0.1) is 5.54 Å². The summed E-state index contributed by atoms with van der Waals surface area (Å²) in [5, 5.41) is 9.91. The van der Waals surface area contributed by atoms with E-state index in [0.29, 0.717) is 5.92 Å². The molecule has 0 spiro atoms. The van der Waals surface area contributed by atoms with E-state index in [2.05, 4.69) is 36.4 Å². The lowest BCUT2D eigenvalue weighted by Gasteiger charge is -2.26. The van der Waals surface area contributed by atoms with Crippen LogP contribution in [0.1, 0.15) is 25.8 Å². The van der Waals surface area contributed by atoms with Gasteiger partial charge in [-0.05, 0) is 39.9 Å². The zero-order chi connectivity index (χ0) is 11.3. The summed E-state index contributed by atoms with van der Waals surface area (Å²) in [5.41, 5.74) is -0.0177. The average Bonchev–Trinajstić information content (AvgIpc) is 2.69. The van der Waals surface area contributed by atoms with Crippen molar-refractivity contribution in [2.24, 2.45) is 5.92 Å². The minimum absolute atomic E-state index is 0.0177. The van der Waals surface area contributed by atoms with Crippen LogP contribution in [-0.2, 0) is 5.54 Å². The highest BCUT2D eigenvalue weighted by molar-refractivity contribution is 7.09. The van der Waals surface area contributed by atoms with E-state index < -0.39 is 0 Å². The number of rotatable bonds is 6. The Hall–Kier alpha value is -0.450. The maximum absolute atomic E-state index is 4.35. The van der Waals surface area contributed by atoms with Crippen molar-refractivity contribution < 1.29 is 0 Å². The van der Waals surface area contributed by atoms with Crippen LogP contribution in [0.15, 0.2) is 11.6 Å². The predicted molar refractivity (Wildman–Crippen MR) is 66.2 cm³/mol. The molecule has 0 radical (unpaired) electrons. The van der Waals surface area contributed by atoms with Crippen molar-refractivity contribution in [1.29, 1.82) is 0 Å². The van der Waals surface area contributed by atoms with Gasteiger partial charge >= 0.3 is 0 Å². The number of hydrogen-bond acceptors (Lipinski definition) is 4. The van der Waals surface area contributed by atoms with E-state index in [1.54, 1.807) is 11.3 Å². The Morgan fingerprint density at radius 2 is 2.20 bits per heavy atom. The van der Waals surface area contributed by atoms with Gasteiger partial charge in [-0.2, -0.15) is 0 Å². The van der Waals surface area contributed by atoms with Crippen LogP contribution >= 0.6 is 11.3 Å². The van der Waals surface area contributed by atoms with E-state index in [1.807, 2.05) is 18.6 Å². The van der Waals surface area contributed by atoms with Crippen LogP contribution in [0.25, 0.3) is 0 Å². The van der Waals surface area contributed by atoms with Crippen molar-refractivity contribution in [3.05, 3.63) is 16.6 Å². The first-order valence-electron chi connectivity index (χ1n) is 5.36. The van der Waals surface area contributed by atoms with E-state index in [-0.39, 0.29) is 5.54 Å². The first-order valence-corrected chi connectivity index (χ1v) is 6.24. The Labute approximate surface area is 96.3 Å². The van der Waals surface area contributed by atoms with Gasteiger partial charge in [0.2, 0.25) is 0 Å². The van der Waals surface area contributed by atoms with Crippen LogP contribution in [0, 0.1) is 5.92 Å². The average molecular weight is 227 g/mol. The third-order valence-electron chi connectivity index (χ3n) is 2.41. The summed E-state index contributed by atoms with van der Waals surface area (Å²) < 4.78 is 0. The number of nitrogens with zero attached hydrogens (tertiary/aromatic N) is 1. The summed E-state index contributed by atoms with van der Waals surface area (Å²) in [6.45, 7) is 8.64. The molecular weight excluding hydrogens is 206 g/mol. The molecule has 0 saturated carbocycles. The van der Waals surface area contributed by atoms with Crippen LogP contribution < -0.4 is 10.6 Å². The molecule has 4 heteroatoms. The van der Waals surface area contributed by atoms with Crippen molar-refractivity contribution in [3.8, 4) is 0 Å². The van der Waals surface area contributed by atoms with Gasteiger partial charge in [0, 0.05) is 11.6 Å². The van der Waals surface area contributed by atoms with Gasteiger partial charge < -0.3 is 10.6 Å². The zero-order valence-corrected chi connectivity index (χ0v) is 10.8. The Balaban J connectivity index is 2.43. The fourth-order valence-electron chi connectivity index (χ4n) is 1.46. The molecule has 1 aromatic rings. The Kier molecular flexibility index (Phi) is 4.70. The van der Waals surface area contributed by atoms with Crippen molar-refractivity contribution in [2.75, 3.05) is 20.1 Å². The molecule has 0 bridgehead atoms. The van der Waals surface area contributed by atoms with Gasteiger partial charge in [-0.25, -0.2) is 4.98 Å². The van der Waals surface area contributed by atoms with Gasteiger partial charge in [-0.3, -0.25) is 0 Å². The summed E-state index contributed by atoms with van der Waals surface area (Å²) in [7, 11) is 1.99. The normalized spacial score (nSPS) is 14.1. The largest absolute Gasteiger partial charge is 0.319 e. The zero-order valence-electron chi connectivity index (χ0n) is 10.0. The molecule has 1 rings (SSSR count). The molecule has 0 aliphatic rings. The van der Waals surface area contributed by atoms with Gasteiger partial charge in [0.25, 0.3) is 0 Å². The Morgan fingerprint density at radius 1 is 1.47 bits per heavy atom. The molecular formula is C11H21N3S. The molecule has 3 nitrogen and oxygen atoms in total. The fraction of sp³-hybridized carbons (Fsp3) is 0.727. The lowest BCUT2D eigenvalue weighted by atomic mass is 10.0. The number of aromatic nitrogens is 1. The van der Waals surface area contributed by atoms with Crippen molar-refractivity contribution in [1.82, 2.24) is 15.6 Å². The standard InChI is InChI=1S/C11H21N3S/c1-9(7-12-4)8-14-11(2,3)10-13-5-6-15-10/h5-6,9,12,14H,7-8H2,1-4H3. The second-order valence-electron chi connectivity index (χ2n) is 4.51. The van der Waals surface area contributed by atoms with E-state index in [1.165, 1.54) is 0 Å². The predicted octanol–water partition coefficient (Wildman–Crippen LogP) is 1.82. The molecule has 0 amide bonds. The summed E-state index contributed by atoms with van der Waals surface area (Å²) >= 11 is 1.71. The smallest absolute Gasteiger partial charge is 0.112 e. The molecule has 1 unspecified atom stereocenters. The molecule has 0 aliphatic heterocycles. The van der Waals surface area contributed by atoms with Gasteiger partial charge in [-0.1, -0.05) is 6.92 Å². The van der Waals surface area contributed by atoms with E-state index >= 15 is 0 Å². The molecule has 15 heavy (non-hydrogen) atoms. The third kappa shape index (κ3) is 3.89. The van der Waals surface area contributed by atoms with Crippen LogP contribution in [0.2, 0.25) is 0 Å². The van der Waals surface area contributed by atoms with Crippen LogP contribution in [0.5, 0.6) is 0 Å². The van der Waals surface area contributed by atoms with Crippen LogP contribution in [0.4, 0.5) is 0 Å². The molecule has 86 valence electrons. The number of nitrogens with one attached hydrogen (secondary N) is 2. The molecule has 1 atom stereocenters. The lowest BCUT2D eigenvalue weighted by Crippen LogP contribution is -2.40. The molecule has 0 saturated heterocycles. The van der Waals surface area contributed by atoms with Crippen LogP contribution in [-0.4, -0.2) is 25.1 Å². The second-order valence-corrected chi connectivity index (χ2v) is 5.40. The van der Waals surface area contributed by atoms with Crippen molar-refractivity contribution in [3.63, 3.8) is 0 Å². The quantitative estimate of drug-likeness (QED) is 0.778. The first-order chi connectivity index (χ1) is 7.06. The summed E-state index contributed by atoms with van der Waals surface area (Å²) in [6, 6.07) is 0.